The molecule has 1 aromatic rings. The molecule has 0 bridgehead atoms. The number of aliphatic hydroxyl groups is 1. The maximum absolute atomic E-state index is 13.0. The third kappa shape index (κ3) is 3.00. The van der Waals surface area contributed by atoms with Gasteiger partial charge in [-0.15, -0.1) is 0 Å². The van der Waals surface area contributed by atoms with Gasteiger partial charge in [0.25, 0.3) is 0 Å². The first kappa shape index (κ1) is 12.4. The highest BCUT2D eigenvalue weighted by molar-refractivity contribution is 5.15. The van der Waals surface area contributed by atoms with Crippen LogP contribution in [0.3, 0.4) is 0 Å². The summed E-state index contributed by atoms with van der Waals surface area (Å²) >= 11 is 0. The maximum atomic E-state index is 13.0. The molecule has 94 valence electrons. The Morgan fingerprint density at radius 1 is 1.65 bits per heavy atom. The van der Waals surface area contributed by atoms with E-state index in [2.05, 4.69) is 16.8 Å². The Hall–Kier alpha value is -1.04. The van der Waals surface area contributed by atoms with Gasteiger partial charge in [-0.05, 0) is 12.6 Å². The Labute approximate surface area is 100 Å². The average molecular weight is 240 g/mol. The van der Waals surface area contributed by atoms with E-state index in [0.717, 1.165) is 19.3 Å². The van der Waals surface area contributed by atoms with E-state index in [-0.39, 0.29) is 6.10 Å². The van der Waals surface area contributed by atoms with Gasteiger partial charge in [-0.25, -0.2) is 4.39 Å². The molecule has 2 rings (SSSR count). The second-order valence-corrected chi connectivity index (χ2v) is 4.18. The predicted octanol–water partition coefficient (Wildman–Crippen LogP) is 0.975. The lowest BCUT2D eigenvalue weighted by atomic mass is 10.0. The molecule has 4 nitrogen and oxygen atoms in total. The van der Waals surface area contributed by atoms with Gasteiger partial charge < -0.3 is 9.84 Å². The fourth-order valence-corrected chi connectivity index (χ4v) is 2.01. The number of rotatable bonds is 3. The van der Waals surface area contributed by atoms with Gasteiger partial charge in [0.05, 0.1) is 12.8 Å². The van der Waals surface area contributed by atoms with Crippen LogP contribution < -0.4 is 0 Å². The Balaban J connectivity index is 2.06. The van der Waals surface area contributed by atoms with Crippen molar-refractivity contribution in [3.8, 4) is 0 Å². The highest BCUT2D eigenvalue weighted by Crippen LogP contribution is 2.22. The van der Waals surface area contributed by atoms with Crippen LogP contribution in [0.4, 0.5) is 4.39 Å². The minimum Gasteiger partial charge on any atom is -0.386 e. The largest absolute Gasteiger partial charge is 0.386 e. The highest BCUT2D eigenvalue weighted by Gasteiger charge is 2.27. The van der Waals surface area contributed by atoms with E-state index >= 15 is 0 Å². The van der Waals surface area contributed by atoms with E-state index in [1.54, 1.807) is 0 Å². The first-order valence-electron chi connectivity index (χ1n) is 5.83. The summed E-state index contributed by atoms with van der Waals surface area (Å²) in [5.74, 6) is -0.440. The number of aliphatic hydroxyl groups excluding tert-OH is 1. The molecular weight excluding hydrogens is 223 g/mol. The van der Waals surface area contributed by atoms with Gasteiger partial charge in [0, 0.05) is 24.8 Å². The van der Waals surface area contributed by atoms with Gasteiger partial charge in [-0.3, -0.25) is 9.88 Å². The zero-order valence-corrected chi connectivity index (χ0v) is 9.84. The summed E-state index contributed by atoms with van der Waals surface area (Å²) in [6, 6.07) is 1.30. The van der Waals surface area contributed by atoms with E-state index in [9.17, 15) is 9.50 Å². The molecule has 1 N–H and O–H groups in total. The second kappa shape index (κ2) is 5.53. The van der Waals surface area contributed by atoms with Crippen LogP contribution in [0.1, 0.15) is 18.6 Å². The Morgan fingerprint density at radius 2 is 2.47 bits per heavy atom. The van der Waals surface area contributed by atoms with Crippen molar-refractivity contribution in [2.24, 2.45) is 0 Å². The lowest BCUT2D eigenvalue weighted by molar-refractivity contribution is -0.0890. The number of pyridine rings is 1. The van der Waals surface area contributed by atoms with E-state index in [1.807, 2.05) is 0 Å². The zero-order chi connectivity index (χ0) is 12.3. The summed E-state index contributed by atoms with van der Waals surface area (Å²) in [5, 5.41) is 10.1. The summed E-state index contributed by atoms with van der Waals surface area (Å²) in [6.45, 7) is 5.13. The second-order valence-electron chi connectivity index (χ2n) is 4.18. The normalized spacial score (nSPS) is 23.6. The Morgan fingerprint density at radius 3 is 3.18 bits per heavy atom. The number of nitrogens with zero attached hydrogens (tertiary/aromatic N) is 2. The molecule has 0 spiro atoms. The molecule has 0 radical (unpaired) electrons. The number of ether oxygens (including phenoxy) is 1. The molecule has 0 aliphatic carbocycles. The first-order valence-corrected chi connectivity index (χ1v) is 5.83. The quantitative estimate of drug-likeness (QED) is 0.855. The fourth-order valence-electron chi connectivity index (χ4n) is 2.01. The van der Waals surface area contributed by atoms with Crippen molar-refractivity contribution in [3.63, 3.8) is 0 Å². The lowest BCUT2D eigenvalue weighted by Gasteiger charge is -2.34. The summed E-state index contributed by atoms with van der Waals surface area (Å²) < 4.78 is 18.5. The van der Waals surface area contributed by atoms with Crippen LogP contribution in [-0.4, -0.2) is 47.3 Å². The van der Waals surface area contributed by atoms with Crippen molar-refractivity contribution in [1.82, 2.24) is 9.88 Å². The van der Waals surface area contributed by atoms with Crippen LogP contribution in [0, 0.1) is 5.82 Å². The van der Waals surface area contributed by atoms with Crippen LogP contribution in [0.25, 0.3) is 0 Å². The zero-order valence-electron chi connectivity index (χ0n) is 9.84. The molecule has 5 heteroatoms. The average Bonchev–Trinajstić information content (AvgIpc) is 2.38. The number of halogens is 1. The van der Waals surface area contributed by atoms with Gasteiger partial charge in [-0.2, -0.15) is 0 Å². The summed E-state index contributed by atoms with van der Waals surface area (Å²) in [6.07, 6.45) is 1.46. The van der Waals surface area contributed by atoms with Crippen molar-refractivity contribution >= 4 is 0 Å². The third-order valence-electron chi connectivity index (χ3n) is 3.04. The lowest BCUT2D eigenvalue weighted by Crippen LogP contribution is -2.44. The van der Waals surface area contributed by atoms with Crippen molar-refractivity contribution in [2.45, 2.75) is 19.1 Å². The molecule has 1 saturated heterocycles. The number of morpholine rings is 1. The molecule has 2 atom stereocenters. The van der Waals surface area contributed by atoms with E-state index in [1.165, 1.54) is 12.3 Å². The molecule has 2 unspecified atom stereocenters. The van der Waals surface area contributed by atoms with Gasteiger partial charge >= 0.3 is 0 Å². The topological polar surface area (TPSA) is 45.6 Å². The molecule has 1 aliphatic heterocycles. The predicted molar refractivity (Wildman–Crippen MR) is 61.0 cm³/mol. The number of likely N-dealkylation sites (N-methyl/N-ethyl adjacent to an activating group) is 1. The summed E-state index contributed by atoms with van der Waals surface area (Å²) in [5.41, 5.74) is 0.466. The summed E-state index contributed by atoms with van der Waals surface area (Å²) in [7, 11) is 0. The van der Waals surface area contributed by atoms with Crippen LogP contribution >= 0.6 is 0 Å². The van der Waals surface area contributed by atoms with Crippen molar-refractivity contribution in [1.29, 1.82) is 0 Å². The van der Waals surface area contributed by atoms with Crippen molar-refractivity contribution in [2.75, 3.05) is 26.2 Å². The third-order valence-corrected chi connectivity index (χ3v) is 3.04. The van der Waals surface area contributed by atoms with Crippen molar-refractivity contribution < 1.29 is 14.2 Å². The number of hydrogen-bond donors (Lipinski definition) is 1. The van der Waals surface area contributed by atoms with Crippen molar-refractivity contribution in [3.05, 3.63) is 29.8 Å². The fraction of sp³-hybridized carbons (Fsp3) is 0.583. The number of hydrogen-bond acceptors (Lipinski definition) is 4. The molecule has 0 saturated carbocycles. The van der Waals surface area contributed by atoms with Crippen LogP contribution in [0.15, 0.2) is 18.5 Å². The molecule has 0 amide bonds. The van der Waals surface area contributed by atoms with Gasteiger partial charge in [0.2, 0.25) is 0 Å². The summed E-state index contributed by atoms with van der Waals surface area (Å²) in [4.78, 5) is 5.93. The van der Waals surface area contributed by atoms with Gasteiger partial charge in [0.1, 0.15) is 18.0 Å². The maximum Gasteiger partial charge on any atom is 0.141 e. The van der Waals surface area contributed by atoms with E-state index in [4.69, 9.17) is 4.74 Å². The van der Waals surface area contributed by atoms with Gasteiger partial charge in [-0.1, -0.05) is 6.92 Å². The molecule has 0 aromatic carbocycles. The highest BCUT2D eigenvalue weighted by atomic mass is 19.1. The molecule has 1 aromatic heterocycles. The monoisotopic (exact) mass is 240 g/mol. The van der Waals surface area contributed by atoms with Crippen LogP contribution in [0.2, 0.25) is 0 Å². The number of aromatic nitrogens is 1. The molecule has 1 fully saturated rings. The van der Waals surface area contributed by atoms with Gasteiger partial charge in [0.15, 0.2) is 0 Å². The standard InChI is InChI=1S/C12H17FN2O2/c1-2-15-3-4-17-11(8-15)12(16)9-5-10(13)7-14-6-9/h5-7,11-12,16H,2-4,8H2,1H3. The van der Waals surface area contributed by atoms with E-state index in [0.29, 0.717) is 18.7 Å². The smallest absolute Gasteiger partial charge is 0.141 e. The molecular formula is C12H17FN2O2. The Kier molecular flexibility index (Phi) is 4.04. The minimum absolute atomic E-state index is 0.313. The molecule has 2 heterocycles. The van der Waals surface area contributed by atoms with E-state index < -0.39 is 11.9 Å². The van der Waals surface area contributed by atoms with Crippen LogP contribution in [0.5, 0.6) is 0 Å². The first-order chi connectivity index (χ1) is 8.20. The SMILES string of the molecule is CCN1CCOC(C(O)c2cncc(F)c2)C1. The Bertz CT molecular complexity index is 375. The minimum atomic E-state index is -0.826. The van der Waals surface area contributed by atoms with Crippen LogP contribution in [-0.2, 0) is 4.74 Å². The molecule has 1 aliphatic rings. The molecule has 17 heavy (non-hydrogen) atoms.